The standard InChI is InChI=1S/C117H84N6/c1-77-62-109(90-34-23-37-96(67-90)121-112-45-20-17-42-101(112)104-59-56-87(70-115(104)121)82-28-9-4-10-29-82)118-74-93(77)50-48-79-64-80(49-51-94-75-119-110(63-78(94)2)91-35-24-38-97(68-91)122-113-46-21-18-43-102(113)105-60-57-88(71-116(105)122)83-30-11-5-12-31-83)66-95(65-79)99-40-15-16-41-100(99)108-76-120-111(73-107(108)86-54-52-85(53-55-86)81-26-7-3-8-27-81)92-36-25-39-98(69-92)123-114-47-22-19-44-103(114)106-61-58-89(72-117(106)123)84-32-13-6-14-33-84/h3-47,52-76H,48-51H2,1-2H3. The summed E-state index contributed by atoms with van der Waals surface area (Å²) in [5, 5.41) is 7.36. The second-order valence-electron chi connectivity index (χ2n) is 32.6. The van der Waals surface area contributed by atoms with Gasteiger partial charge < -0.3 is 13.7 Å². The summed E-state index contributed by atoms with van der Waals surface area (Å²) in [5.41, 5.74) is 39.8. The average Bonchev–Trinajstić information content (AvgIpc) is 1.71. The highest BCUT2D eigenvalue weighted by Gasteiger charge is 2.23. The van der Waals surface area contributed by atoms with Gasteiger partial charge in [0.1, 0.15) is 0 Å². The number of rotatable bonds is 19. The van der Waals surface area contributed by atoms with Gasteiger partial charge in [0.15, 0.2) is 0 Å². The smallest absolute Gasteiger partial charge is 0.0709 e. The highest BCUT2D eigenvalue weighted by atomic mass is 15.0. The van der Waals surface area contributed by atoms with E-state index in [1.165, 1.54) is 127 Å². The van der Waals surface area contributed by atoms with Crippen molar-refractivity contribution in [3.63, 3.8) is 0 Å². The molecule has 6 aromatic heterocycles. The molecule has 582 valence electrons. The molecule has 0 saturated heterocycles. The monoisotopic (exact) mass is 1570 g/mol. The summed E-state index contributed by atoms with van der Waals surface area (Å²) in [7, 11) is 0. The van der Waals surface area contributed by atoms with Crippen molar-refractivity contribution in [3.8, 4) is 129 Å². The fraction of sp³-hybridized carbons (Fsp3) is 0.0513. The Morgan fingerprint density at radius 1 is 0.187 bits per heavy atom. The Labute approximate surface area is 715 Å². The van der Waals surface area contributed by atoms with E-state index in [4.69, 9.17) is 15.0 Å². The van der Waals surface area contributed by atoms with Crippen LogP contribution in [0.2, 0.25) is 0 Å². The summed E-state index contributed by atoms with van der Waals surface area (Å²) >= 11 is 0. The minimum absolute atomic E-state index is 0.813. The number of pyridine rings is 3. The van der Waals surface area contributed by atoms with Crippen LogP contribution in [-0.4, -0.2) is 28.7 Å². The lowest BCUT2D eigenvalue weighted by atomic mass is 9.87. The van der Waals surface area contributed by atoms with E-state index in [1.54, 1.807) is 0 Å². The Morgan fingerprint density at radius 2 is 0.504 bits per heavy atom. The topological polar surface area (TPSA) is 53.5 Å². The van der Waals surface area contributed by atoms with Gasteiger partial charge in [0, 0.05) is 90.2 Å². The zero-order valence-corrected chi connectivity index (χ0v) is 68.4. The number of hydrogen-bond acceptors (Lipinski definition) is 3. The first kappa shape index (κ1) is 73.7. The highest BCUT2D eigenvalue weighted by molar-refractivity contribution is 6.13. The van der Waals surface area contributed by atoms with Crippen molar-refractivity contribution in [3.05, 3.63) is 458 Å². The third kappa shape index (κ3) is 13.9. The maximum Gasteiger partial charge on any atom is 0.0709 e. The van der Waals surface area contributed by atoms with Gasteiger partial charge in [-0.2, -0.15) is 0 Å². The third-order valence-electron chi connectivity index (χ3n) is 25.1. The Balaban J connectivity index is 0.618. The first-order valence-electron chi connectivity index (χ1n) is 42.7. The molecule has 22 aromatic rings. The van der Waals surface area contributed by atoms with Gasteiger partial charge in [-0.1, -0.05) is 315 Å². The summed E-state index contributed by atoms with van der Waals surface area (Å²) < 4.78 is 7.25. The molecule has 6 heteroatoms. The van der Waals surface area contributed by atoms with Crippen LogP contribution in [-0.2, 0) is 25.7 Å². The number of hydrogen-bond donors (Lipinski definition) is 0. The largest absolute Gasteiger partial charge is 0.309 e. The number of aromatic nitrogens is 6. The Hall–Kier alpha value is -15.6. The summed E-state index contributed by atoms with van der Waals surface area (Å²) in [4.78, 5) is 16.1. The molecule has 123 heavy (non-hydrogen) atoms. The van der Waals surface area contributed by atoms with E-state index in [2.05, 4.69) is 453 Å². The molecular formula is C117H84N6. The molecule has 0 amide bonds. The number of benzene rings is 16. The Kier molecular flexibility index (Phi) is 18.9. The lowest BCUT2D eigenvalue weighted by Gasteiger charge is -2.18. The van der Waals surface area contributed by atoms with Crippen LogP contribution < -0.4 is 0 Å². The predicted molar refractivity (Wildman–Crippen MR) is 514 cm³/mol. The zero-order chi connectivity index (χ0) is 81.9. The lowest BCUT2D eigenvalue weighted by molar-refractivity contribution is 0.913. The van der Waals surface area contributed by atoms with Crippen LogP contribution in [0.4, 0.5) is 0 Å². The molecule has 16 aromatic carbocycles. The fourth-order valence-electron chi connectivity index (χ4n) is 18.9. The Morgan fingerprint density at radius 3 is 0.911 bits per heavy atom. The van der Waals surface area contributed by atoms with E-state index in [0.29, 0.717) is 0 Å². The van der Waals surface area contributed by atoms with Crippen molar-refractivity contribution < 1.29 is 0 Å². The van der Waals surface area contributed by atoms with Gasteiger partial charge >= 0.3 is 0 Å². The molecule has 0 unspecified atom stereocenters. The Bertz CT molecular complexity index is 7530. The van der Waals surface area contributed by atoms with Crippen molar-refractivity contribution in [1.29, 1.82) is 0 Å². The molecule has 0 bridgehead atoms. The van der Waals surface area contributed by atoms with Gasteiger partial charge in [0.25, 0.3) is 0 Å². The second kappa shape index (κ2) is 31.6. The molecule has 0 N–H and O–H groups in total. The van der Waals surface area contributed by atoms with Crippen molar-refractivity contribution in [2.24, 2.45) is 0 Å². The molecule has 0 spiro atoms. The van der Waals surface area contributed by atoms with Crippen LogP contribution in [0.3, 0.4) is 0 Å². The summed E-state index contributed by atoms with van der Waals surface area (Å²) in [6.45, 7) is 4.50. The molecule has 0 radical (unpaired) electrons. The molecule has 0 aliphatic heterocycles. The van der Waals surface area contributed by atoms with Crippen LogP contribution in [0, 0.1) is 13.8 Å². The normalized spacial score (nSPS) is 11.6. The van der Waals surface area contributed by atoms with Crippen molar-refractivity contribution in [1.82, 2.24) is 28.7 Å². The van der Waals surface area contributed by atoms with Gasteiger partial charge in [0.2, 0.25) is 0 Å². The van der Waals surface area contributed by atoms with Gasteiger partial charge in [0.05, 0.1) is 50.2 Å². The molecule has 0 aliphatic carbocycles. The molecule has 0 aliphatic rings. The SMILES string of the molecule is Cc1cc(-c2cccc(-n3c4ccccc4c4ccc(-c5ccccc5)cc43)c2)ncc1CCc1cc(CCc2cnc(-c3cccc(-n4c5ccccc5c5ccc(-c6ccccc6)cc54)c3)cc2C)cc(-c2ccccc2-c2cnc(-c3cccc(-n4c5ccccc5c5ccc(-c6ccccc6)cc54)c3)cc2-c2ccc(-c3ccccc3)cc2)c1. The lowest BCUT2D eigenvalue weighted by Crippen LogP contribution is -2.01. The van der Waals surface area contributed by atoms with E-state index in [9.17, 15) is 0 Å². The molecule has 0 atom stereocenters. The first-order valence-corrected chi connectivity index (χ1v) is 42.7. The molecular weight excluding hydrogens is 1490 g/mol. The van der Waals surface area contributed by atoms with Crippen molar-refractivity contribution >= 4 is 65.4 Å². The number of fused-ring (bicyclic) bond motifs is 9. The molecule has 6 heterocycles. The van der Waals surface area contributed by atoms with Gasteiger partial charge in [-0.15, -0.1) is 0 Å². The van der Waals surface area contributed by atoms with Crippen molar-refractivity contribution in [2.45, 2.75) is 39.5 Å². The maximum absolute atomic E-state index is 5.52. The van der Waals surface area contributed by atoms with Crippen LogP contribution in [0.15, 0.2) is 425 Å². The van der Waals surface area contributed by atoms with Crippen molar-refractivity contribution in [2.75, 3.05) is 0 Å². The molecule has 6 nitrogen and oxygen atoms in total. The van der Waals surface area contributed by atoms with Crippen LogP contribution >= 0.6 is 0 Å². The van der Waals surface area contributed by atoms with Crippen LogP contribution in [0.1, 0.15) is 33.4 Å². The quantitative estimate of drug-likeness (QED) is 0.0811. The molecule has 0 fully saturated rings. The maximum atomic E-state index is 5.52. The second-order valence-corrected chi connectivity index (χ2v) is 32.6. The number of para-hydroxylation sites is 3. The fourth-order valence-corrected chi connectivity index (χ4v) is 18.9. The van der Waals surface area contributed by atoms with Gasteiger partial charge in [-0.25, -0.2) is 0 Å². The predicted octanol–water partition coefficient (Wildman–Crippen LogP) is 30.0. The number of aryl methyl sites for hydroxylation is 6. The van der Waals surface area contributed by atoms with E-state index in [1.807, 2.05) is 0 Å². The van der Waals surface area contributed by atoms with E-state index < -0.39 is 0 Å². The minimum Gasteiger partial charge on any atom is -0.309 e. The van der Waals surface area contributed by atoms with Crippen LogP contribution in [0.25, 0.3) is 194 Å². The van der Waals surface area contributed by atoms with E-state index in [-0.39, 0.29) is 0 Å². The summed E-state index contributed by atoms with van der Waals surface area (Å²) in [5.74, 6) is 0. The first-order chi connectivity index (χ1) is 60.8. The summed E-state index contributed by atoms with van der Waals surface area (Å²) in [6.07, 6.45) is 9.63. The van der Waals surface area contributed by atoms with Gasteiger partial charge in [-0.3, -0.25) is 15.0 Å². The van der Waals surface area contributed by atoms with Crippen LogP contribution in [0.5, 0.6) is 0 Å². The molecule has 22 rings (SSSR count). The molecule has 0 saturated carbocycles. The average molecular weight is 1570 g/mol. The zero-order valence-electron chi connectivity index (χ0n) is 68.4. The third-order valence-corrected chi connectivity index (χ3v) is 25.1. The van der Waals surface area contributed by atoms with Gasteiger partial charge in [-0.05, 0) is 236 Å². The number of nitrogens with zero attached hydrogens (tertiary/aromatic N) is 6. The van der Waals surface area contributed by atoms with E-state index >= 15 is 0 Å². The summed E-state index contributed by atoms with van der Waals surface area (Å²) in [6, 6.07) is 149. The minimum atomic E-state index is 0.813. The highest BCUT2D eigenvalue weighted by Crippen LogP contribution is 2.45. The van der Waals surface area contributed by atoms with E-state index in [0.717, 1.165) is 126 Å².